The Bertz CT molecular complexity index is 2090. The largest absolute Gasteiger partial charge is 0.405 e. The number of allylic oxidation sites excluding steroid dienone is 1. The van der Waals surface area contributed by atoms with Crippen LogP contribution in [0, 0.1) is 5.92 Å². The molecule has 54 heavy (non-hydrogen) atoms. The lowest BCUT2D eigenvalue weighted by molar-refractivity contribution is -0.0364. The first-order chi connectivity index (χ1) is 25.6. The number of nitrogens with zero attached hydrogens (tertiary/aromatic N) is 5. The van der Waals surface area contributed by atoms with Crippen LogP contribution < -0.4 is 15.9 Å². The minimum Gasteiger partial charge on any atom is -0.405 e. The number of rotatable bonds is 11. The molecule has 0 amide bonds. The fraction of sp³-hybridized carbons (Fsp3) is 0.487. The van der Waals surface area contributed by atoms with Gasteiger partial charge >= 0.3 is 0 Å². The average Bonchev–Trinajstić information content (AvgIpc) is 3.80. The number of fused-ring (bicyclic) bond motifs is 2. The van der Waals surface area contributed by atoms with Crippen molar-refractivity contribution < 1.29 is 18.2 Å². The molecule has 0 spiro atoms. The van der Waals surface area contributed by atoms with Gasteiger partial charge in [0.15, 0.2) is 11.2 Å². The quantitative estimate of drug-likeness (QED) is 0.0555. The standard InChI is InChI=1S/C39H51N6O5PS2Si/c1-26(2)27-19-20-39(6)32(21-27)50-51(52,53-39)49-30-22-33(45-25-40-34-35(45)42-37(43-36(34)46)41-24-44(7)8)48-31(30)23-47-54(38(3,4)5,28-15-11-9-12-16-28)29-17-13-10-14-18-29/h9-18,24-25,27,30-33H,1,19-23H2,2-8H3,(H,42,43,46)/b41-24-/t27-,30-,31+,32+,33+,39+,51-/m0/s1. The van der Waals surface area contributed by atoms with Gasteiger partial charge in [0.25, 0.3) is 13.9 Å². The van der Waals surface area contributed by atoms with Crippen molar-refractivity contribution in [2.45, 2.75) is 94.6 Å². The maximum atomic E-state index is 13.1. The molecule has 11 nitrogen and oxygen atoms in total. The SMILES string of the molecule is C=C(C)[C@H]1CC[C@@]2(C)S[P@@](=S)(O[C@H]3C[C@H](n4cnc5c(=O)[nH]c(/N=C\N(C)C)nc54)O[C@@H]3CO[Si](c3ccccc3)(c3ccccc3)C(C)(C)C)O[C@@H]2C1. The van der Waals surface area contributed by atoms with Gasteiger partial charge in [-0.3, -0.25) is 14.3 Å². The normalized spacial score (nSPS) is 28.8. The highest BCUT2D eigenvalue weighted by molar-refractivity contribution is 8.68. The van der Waals surface area contributed by atoms with Gasteiger partial charge in [-0.2, -0.15) is 4.98 Å². The van der Waals surface area contributed by atoms with E-state index in [0.29, 0.717) is 18.0 Å². The van der Waals surface area contributed by atoms with E-state index in [0.717, 1.165) is 19.3 Å². The summed E-state index contributed by atoms with van der Waals surface area (Å²) in [5, 5.41) is 2.12. The molecule has 15 heteroatoms. The average molecular weight is 807 g/mol. The van der Waals surface area contributed by atoms with Crippen molar-refractivity contribution >= 4 is 71.0 Å². The number of H-pyrrole nitrogens is 1. The zero-order valence-corrected chi connectivity index (χ0v) is 35.6. The second kappa shape index (κ2) is 15.2. The number of hydrogen-bond acceptors (Lipinski definition) is 10. The Balaban J connectivity index is 1.25. The maximum absolute atomic E-state index is 13.1. The number of aromatic amines is 1. The van der Waals surface area contributed by atoms with E-state index in [1.54, 1.807) is 33.5 Å². The predicted molar refractivity (Wildman–Crippen MR) is 224 cm³/mol. The molecule has 4 aromatic rings. The Morgan fingerprint density at radius 1 is 1.19 bits per heavy atom. The van der Waals surface area contributed by atoms with Gasteiger partial charge in [-0.25, -0.2) is 9.98 Å². The minimum atomic E-state index is -2.92. The number of ether oxygens (including phenoxy) is 1. The number of imidazole rings is 1. The van der Waals surface area contributed by atoms with Crippen molar-refractivity contribution in [1.29, 1.82) is 0 Å². The molecule has 3 fully saturated rings. The summed E-state index contributed by atoms with van der Waals surface area (Å²) in [6.45, 7) is 15.7. The molecule has 2 aliphatic heterocycles. The van der Waals surface area contributed by atoms with Crippen LogP contribution >= 0.6 is 17.1 Å². The maximum Gasteiger partial charge on any atom is 0.280 e. The molecule has 2 aromatic heterocycles. The third kappa shape index (κ3) is 7.60. The molecule has 0 unspecified atom stereocenters. The van der Waals surface area contributed by atoms with E-state index in [1.165, 1.54) is 15.9 Å². The van der Waals surface area contributed by atoms with Crippen molar-refractivity contribution in [2.24, 2.45) is 10.9 Å². The minimum absolute atomic E-state index is 0.0108. The molecule has 7 atom stereocenters. The van der Waals surface area contributed by atoms with Gasteiger partial charge in [-0.15, -0.1) is 0 Å². The summed E-state index contributed by atoms with van der Waals surface area (Å²) >= 11 is 8.04. The van der Waals surface area contributed by atoms with E-state index in [9.17, 15) is 4.79 Å². The summed E-state index contributed by atoms with van der Waals surface area (Å²) in [5.41, 5.74) is -1.41. The van der Waals surface area contributed by atoms with Crippen LogP contribution in [0.2, 0.25) is 5.04 Å². The zero-order chi connectivity index (χ0) is 38.5. The third-order valence-corrected chi connectivity index (χ3v) is 21.7. The number of nitrogens with one attached hydrogen (secondary N) is 1. The van der Waals surface area contributed by atoms with E-state index >= 15 is 0 Å². The number of aliphatic imine (C=N–C) groups is 1. The molecule has 3 aliphatic rings. The van der Waals surface area contributed by atoms with Crippen molar-refractivity contribution in [2.75, 3.05) is 20.7 Å². The third-order valence-electron chi connectivity index (χ3n) is 10.9. The molecule has 288 valence electrons. The lowest BCUT2D eigenvalue weighted by atomic mass is 9.77. The van der Waals surface area contributed by atoms with Gasteiger partial charge in [-0.1, -0.05) is 105 Å². The topological polar surface area (TPSA) is 116 Å². The van der Waals surface area contributed by atoms with E-state index in [-0.39, 0.29) is 39.5 Å². The lowest BCUT2D eigenvalue weighted by Crippen LogP contribution is -2.67. The van der Waals surface area contributed by atoms with Crippen LogP contribution in [0.4, 0.5) is 5.95 Å². The Kier molecular flexibility index (Phi) is 11.1. The second-order valence-electron chi connectivity index (χ2n) is 16.2. The Labute approximate surface area is 328 Å². The van der Waals surface area contributed by atoms with Gasteiger partial charge in [0.05, 0.1) is 31.5 Å². The molecule has 1 saturated carbocycles. The van der Waals surface area contributed by atoms with Crippen molar-refractivity contribution in [1.82, 2.24) is 24.4 Å². The van der Waals surface area contributed by atoms with E-state index < -0.39 is 32.4 Å². The van der Waals surface area contributed by atoms with Crippen LogP contribution in [0.15, 0.2) is 88.9 Å². The fourth-order valence-electron chi connectivity index (χ4n) is 8.06. The summed E-state index contributed by atoms with van der Waals surface area (Å²) < 4.78 is 29.9. The molecular weight excluding hydrogens is 756 g/mol. The second-order valence-corrected chi connectivity index (χ2v) is 27.0. The number of aromatic nitrogens is 4. The van der Waals surface area contributed by atoms with E-state index in [2.05, 4.69) is 110 Å². The van der Waals surface area contributed by atoms with Gasteiger partial charge in [0.2, 0.25) is 11.6 Å². The van der Waals surface area contributed by atoms with Gasteiger partial charge in [0.1, 0.15) is 12.3 Å². The molecule has 2 aromatic carbocycles. The molecule has 0 bridgehead atoms. The van der Waals surface area contributed by atoms with E-state index in [4.69, 9.17) is 30.0 Å². The lowest BCUT2D eigenvalue weighted by Gasteiger charge is -2.43. The first-order valence-electron chi connectivity index (χ1n) is 18.5. The van der Waals surface area contributed by atoms with E-state index in [1.807, 2.05) is 26.2 Å². The monoisotopic (exact) mass is 806 g/mol. The van der Waals surface area contributed by atoms with Crippen LogP contribution in [0.25, 0.3) is 11.2 Å². The zero-order valence-electron chi connectivity index (χ0n) is 32.1. The molecule has 1 aliphatic carbocycles. The van der Waals surface area contributed by atoms with Crippen LogP contribution in [-0.2, 0) is 30.0 Å². The predicted octanol–water partition coefficient (Wildman–Crippen LogP) is 7.08. The van der Waals surface area contributed by atoms with Gasteiger partial charge < -0.3 is 23.1 Å². The van der Waals surface area contributed by atoms with Crippen molar-refractivity contribution in [3.63, 3.8) is 0 Å². The fourth-order valence-corrected chi connectivity index (χ4v) is 20.2. The summed E-state index contributed by atoms with van der Waals surface area (Å²) in [6, 6.07) is 21.1. The Morgan fingerprint density at radius 3 is 2.46 bits per heavy atom. The van der Waals surface area contributed by atoms with Crippen molar-refractivity contribution in [3.8, 4) is 0 Å². The van der Waals surface area contributed by atoms with Crippen LogP contribution in [-0.4, -0.2) is 82.8 Å². The van der Waals surface area contributed by atoms with Gasteiger partial charge in [0, 0.05) is 25.3 Å². The summed E-state index contributed by atoms with van der Waals surface area (Å²) in [5.74, 6) is 0.588. The van der Waals surface area contributed by atoms with Crippen LogP contribution in [0.1, 0.15) is 66.5 Å². The highest BCUT2D eigenvalue weighted by Gasteiger charge is 2.56. The highest BCUT2D eigenvalue weighted by atomic mass is 32.9. The first-order valence-corrected chi connectivity index (χ1v) is 24.5. The number of benzene rings is 2. The Hall–Kier alpha value is -2.94. The smallest absolute Gasteiger partial charge is 0.280 e. The number of hydrogen-bond donors (Lipinski definition) is 1. The summed E-state index contributed by atoms with van der Waals surface area (Å²) in [4.78, 5) is 31.1. The summed E-state index contributed by atoms with van der Waals surface area (Å²) in [7, 11) is 0.772. The van der Waals surface area contributed by atoms with Gasteiger partial charge in [-0.05, 0) is 66.2 Å². The molecule has 1 N–H and O–H groups in total. The summed E-state index contributed by atoms with van der Waals surface area (Å²) in [6.07, 6.45) is 5.03. The Morgan fingerprint density at radius 2 is 1.85 bits per heavy atom. The van der Waals surface area contributed by atoms with Crippen LogP contribution in [0.3, 0.4) is 0 Å². The highest BCUT2D eigenvalue weighted by Crippen LogP contribution is 2.76. The molecule has 7 rings (SSSR count). The van der Waals surface area contributed by atoms with Crippen molar-refractivity contribution in [3.05, 3.63) is 89.5 Å². The first kappa shape index (κ1) is 39.3. The molecule has 4 heterocycles. The molecular formula is C39H51N6O5PS2Si. The molecule has 2 saturated heterocycles. The molecule has 0 radical (unpaired) electrons. The van der Waals surface area contributed by atoms with Crippen LogP contribution in [0.5, 0.6) is 0 Å².